The molecule has 0 heterocycles. The number of sulfone groups is 1. The number of rotatable bonds is 11. The molecule has 23 heavy (non-hydrogen) atoms. The lowest BCUT2D eigenvalue weighted by molar-refractivity contribution is -0.138. The van der Waals surface area contributed by atoms with Gasteiger partial charge in [-0.1, -0.05) is 26.7 Å². The Kier molecular flexibility index (Phi) is 7.81. The second kappa shape index (κ2) is 9.10. The van der Waals surface area contributed by atoms with Crippen molar-refractivity contribution in [2.75, 3.05) is 12.4 Å². The van der Waals surface area contributed by atoms with Crippen molar-refractivity contribution in [3.63, 3.8) is 0 Å². The summed E-state index contributed by atoms with van der Waals surface area (Å²) < 4.78 is 29.8. The second-order valence-corrected chi connectivity index (χ2v) is 8.43. The number of aliphatic carboxylic acids is 1. The summed E-state index contributed by atoms with van der Waals surface area (Å²) in [4.78, 5) is 22.9. The maximum atomic E-state index is 12.4. The van der Waals surface area contributed by atoms with Crippen molar-refractivity contribution in [1.82, 2.24) is 5.32 Å². The minimum Gasteiger partial charge on any atom is -0.480 e. The molecule has 0 aromatic rings. The van der Waals surface area contributed by atoms with Crippen molar-refractivity contribution in [2.45, 2.75) is 63.7 Å². The number of alkyl carbamates (subject to hydrolysis) is 1. The number of carboxylic acid groups (broad SMARTS) is 1. The third-order valence-corrected chi connectivity index (χ3v) is 6.15. The third-order valence-electron chi connectivity index (χ3n) is 3.87. The Bertz CT molecular complexity index is 494. The van der Waals surface area contributed by atoms with E-state index in [2.05, 4.69) is 5.32 Å². The molecule has 1 atom stereocenters. The van der Waals surface area contributed by atoms with E-state index in [0.29, 0.717) is 31.6 Å². The predicted molar refractivity (Wildman–Crippen MR) is 86.0 cm³/mol. The van der Waals surface area contributed by atoms with Gasteiger partial charge in [0.2, 0.25) is 0 Å². The van der Waals surface area contributed by atoms with Gasteiger partial charge in [0.05, 0.1) is 17.6 Å². The van der Waals surface area contributed by atoms with E-state index >= 15 is 0 Å². The molecule has 1 rings (SSSR count). The highest BCUT2D eigenvalue weighted by Crippen LogP contribution is 2.28. The van der Waals surface area contributed by atoms with Crippen LogP contribution in [0.4, 0.5) is 4.79 Å². The molecule has 8 heteroatoms. The molecule has 0 radical (unpaired) electrons. The normalized spacial score (nSPS) is 16.1. The molecule has 0 aromatic heterocycles. The van der Waals surface area contributed by atoms with Crippen LogP contribution in [0.15, 0.2) is 0 Å². The van der Waals surface area contributed by atoms with Gasteiger partial charge in [0, 0.05) is 0 Å². The second-order valence-electron chi connectivity index (χ2n) is 6.11. The topological polar surface area (TPSA) is 110 Å². The van der Waals surface area contributed by atoms with Gasteiger partial charge >= 0.3 is 12.1 Å². The number of carbonyl (C=O) groups is 2. The molecule has 7 nitrogen and oxygen atoms in total. The summed E-state index contributed by atoms with van der Waals surface area (Å²) in [6, 6.07) is -1.48. The Labute approximate surface area is 137 Å². The fourth-order valence-corrected chi connectivity index (χ4v) is 4.50. The Morgan fingerprint density at radius 2 is 1.78 bits per heavy atom. The lowest BCUT2D eigenvalue weighted by Crippen LogP contribution is -2.47. The Morgan fingerprint density at radius 1 is 1.22 bits per heavy atom. The van der Waals surface area contributed by atoms with E-state index in [-0.39, 0.29) is 6.61 Å². The van der Waals surface area contributed by atoms with Crippen molar-refractivity contribution >= 4 is 21.9 Å². The number of nitrogens with one attached hydrogen (secondary N) is 1. The summed E-state index contributed by atoms with van der Waals surface area (Å²) in [7, 11) is -3.61. The van der Waals surface area contributed by atoms with Crippen molar-refractivity contribution in [3.05, 3.63) is 0 Å². The van der Waals surface area contributed by atoms with Gasteiger partial charge in [-0.15, -0.1) is 0 Å². The van der Waals surface area contributed by atoms with E-state index in [1.165, 1.54) is 0 Å². The van der Waals surface area contributed by atoms with E-state index in [4.69, 9.17) is 4.74 Å². The molecule has 0 aliphatic heterocycles. The average Bonchev–Trinajstić information content (AvgIpc) is 3.28. The van der Waals surface area contributed by atoms with Crippen molar-refractivity contribution in [1.29, 1.82) is 0 Å². The first-order chi connectivity index (χ1) is 10.8. The highest BCUT2D eigenvalue weighted by atomic mass is 32.2. The fourth-order valence-electron chi connectivity index (χ4n) is 2.35. The number of hydrogen-bond donors (Lipinski definition) is 2. The van der Waals surface area contributed by atoms with Gasteiger partial charge in [-0.3, -0.25) is 0 Å². The molecule has 0 aromatic carbocycles. The zero-order chi connectivity index (χ0) is 17.5. The Hall–Kier alpha value is -1.31. The zero-order valence-electron chi connectivity index (χ0n) is 13.8. The number of carboxylic acids is 1. The zero-order valence-corrected chi connectivity index (χ0v) is 14.6. The summed E-state index contributed by atoms with van der Waals surface area (Å²) in [5.41, 5.74) is 0. The molecular weight excluding hydrogens is 322 g/mol. The molecule has 0 bridgehead atoms. The van der Waals surface area contributed by atoms with Gasteiger partial charge in [-0.05, 0) is 31.6 Å². The number of amides is 1. The van der Waals surface area contributed by atoms with Crippen LogP contribution in [-0.4, -0.2) is 49.2 Å². The van der Waals surface area contributed by atoms with Crippen LogP contribution >= 0.6 is 0 Å². The molecule has 2 N–H and O–H groups in total. The molecule has 134 valence electrons. The monoisotopic (exact) mass is 349 g/mol. The molecule has 0 unspecified atom stereocenters. The summed E-state index contributed by atoms with van der Waals surface area (Å²) in [6.07, 6.45) is 3.53. The molecule has 1 saturated carbocycles. The molecule has 1 amide bonds. The number of hydrogen-bond acceptors (Lipinski definition) is 5. The first kappa shape index (κ1) is 19.7. The number of ether oxygens (including phenoxy) is 1. The van der Waals surface area contributed by atoms with Crippen LogP contribution in [0.5, 0.6) is 0 Å². The van der Waals surface area contributed by atoms with Crippen LogP contribution in [-0.2, 0) is 19.4 Å². The van der Waals surface area contributed by atoms with Crippen LogP contribution < -0.4 is 5.32 Å². The molecule has 1 fully saturated rings. The SMILES string of the molecule is CCCC(CCC)S(=O)(=O)C[C@@H](NC(=O)OCC1CC1)C(=O)O. The molecule has 1 aliphatic carbocycles. The van der Waals surface area contributed by atoms with Crippen LogP contribution in [0.25, 0.3) is 0 Å². The minimum atomic E-state index is -3.61. The highest BCUT2D eigenvalue weighted by Gasteiger charge is 2.32. The predicted octanol–water partition coefficient (Wildman–Crippen LogP) is 1.96. The van der Waals surface area contributed by atoms with E-state index in [1.807, 2.05) is 13.8 Å². The molecule has 1 aliphatic rings. The lowest BCUT2D eigenvalue weighted by atomic mass is 10.2. The molecular formula is C15H27NO6S. The quantitative estimate of drug-likeness (QED) is 0.590. The maximum absolute atomic E-state index is 12.4. The van der Waals surface area contributed by atoms with E-state index < -0.39 is 38.9 Å². The summed E-state index contributed by atoms with van der Waals surface area (Å²) in [5.74, 6) is -1.62. The van der Waals surface area contributed by atoms with Crippen LogP contribution in [0.1, 0.15) is 52.4 Å². The fraction of sp³-hybridized carbons (Fsp3) is 0.867. The van der Waals surface area contributed by atoms with Gasteiger partial charge in [-0.25, -0.2) is 18.0 Å². The van der Waals surface area contributed by atoms with Gasteiger partial charge < -0.3 is 15.2 Å². The first-order valence-corrected chi connectivity index (χ1v) is 9.89. The van der Waals surface area contributed by atoms with Gasteiger partial charge in [0.25, 0.3) is 0 Å². The third kappa shape index (κ3) is 7.20. The van der Waals surface area contributed by atoms with Gasteiger partial charge in [-0.2, -0.15) is 0 Å². The van der Waals surface area contributed by atoms with Gasteiger partial charge in [0.1, 0.15) is 6.04 Å². The average molecular weight is 349 g/mol. The van der Waals surface area contributed by atoms with Crippen molar-refractivity contribution in [2.24, 2.45) is 5.92 Å². The Balaban J connectivity index is 2.64. The summed E-state index contributed by atoms with van der Waals surface area (Å²) in [6.45, 7) is 4.03. The van der Waals surface area contributed by atoms with E-state index in [0.717, 1.165) is 12.8 Å². The van der Waals surface area contributed by atoms with Crippen LogP contribution in [0.3, 0.4) is 0 Å². The maximum Gasteiger partial charge on any atom is 0.407 e. The lowest BCUT2D eigenvalue weighted by Gasteiger charge is -2.20. The first-order valence-electron chi connectivity index (χ1n) is 8.17. The van der Waals surface area contributed by atoms with Crippen LogP contribution in [0.2, 0.25) is 0 Å². The summed E-state index contributed by atoms with van der Waals surface area (Å²) in [5, 5.41) is 10.8. The molecule has 0 spiro atoms. The van der Waals surface area contributed by atoms with E-state index in [9.17, 15) is 23.1 Å². The summed E-state index contributed by atoms with van der Waals surface area (Å²) >= 11 is 0. The largest absolute Gasteiger partial charge is 0.480 e. The van der Waals surface area contributed by atoms with E-state index in [1.54, 1.807) is 0 Å². The molecule has 0 saturated heterocycles. The van der Waals surface area contributed by atoms with Crippen molar-refractivity contribution in [3.8, 4) is 0 Å². The standard InChI is InChI=1S/C15H27NO6S/c1-3-5-12(6-4-2)23(20,21)10-13(14(17)18)16-15(19)22-9-11-7-8-11/h11-13H,3-10H2,1-2H3,(H,16,19)(H,17,18)/t13-/m1/s1. The minimum absolute atomic E-state index is 0.249. The smallest absolute Gasteiger partial charge is 0.407 e. The van der Waals surface area contributed by atoms with Crippen LogP contribution in [0, 0.1) is 5.92 Å². The highest BCUT2D eigenvalue weighted by molar-refractivity contribution is 7.92. The van der Waals surface area contributed by atoms with Crippen molar-refractivity contribution < 1.29 is 27.9 Å². The number of carbonyl (C=O) groups excluding carboxylic acids is 1. The Morgan fingerprint density at radius 3 is 2.22 bits per heavy atom. The van der Waals surface area contributed by atoms with Gasteiger partial charge in [0.15, 0.2) is 9.84 Å².